The van der Waals surface area contributed by atoms with Crippen LogP contribution in [0.5, 0.6) is 0 Å². The number of allylic oxidation sites excluding steroid dienone is 2. The van der Waals surface area contributed by atoms with Crippen molar-refractivity contribution in [3.8, 4) is 0 Å². The van der Waals surface area contributed by atoms with Crippen LogP contribution in [0.4, 0.5) is 0 Å². The van der Waals surface area contributed by atoms with Gasteiger partial charge in [-0.05, 0) is 26.7 Å². The number of quaternary nitrogens is 1. The molecule has 0 aliphatic rings. The highest BCUT2D eigenvalue weighted by molar-refractivity contribution is 5.69. The van der Waals surface area contributed by atoms with E-state index in [0.717, 1.165) is 12.8 Å². The number of hydrogen-bond donors (Lipinski definition) is 1. The van der Waals surface area contributed by atoms with Crippen molar-refractivity contribution in [2.45, 2.75) is 26.7 Å². The molecule has 0 aromatic rings. The van der Waals surface area contributed by atoms with Gasteiger partial charge in [0.2, 0.25) is 0 Å². The van der Waals surface area contributed by atoms with Gasteiger partial charge in [-0.3, -0.25) is 0 Å². The van der Waals surface area contributed by atoms with Gasteiger partial charge >= 0.3 is 5.97 Å². The van der Waals surface area contributed by atoms with Crippen molar-refractivity contribution in [3.05, 3.63) is 11.6 Å². The summed E-state index contributed by atoms with van der Waals surface area (Å²) in [6.45, 7) is 4.85. The van der Waals surface area contributed by atoms with Crippen molar-refractivity contribution >= 4 is 5.97 Å². The molecule has 0 spiro atoms. The highest BCUT2D eigenvalue weighted by Crippen LogP contribution is 1.97. The van der Waals surface area contributed by atoms with E-state index < -0.39 is 0 Å². The maximum Gasteiger partial charge on any atom is 0.361 e. The Morgan fingerprint density at radius 2 is 2.08 bits per heavy atom. The van der Waals surface area contributed by atoms with E-state index in [1.165, 1.54) is 5.57 Å². The SMILES string of the molecule is CC(C)=CCCCOC(=O)C[NH3+].[Cl-]. The molecule has 0 aromatic carbocycles. The second-order valence-electron chi connectivity index (χ2n) is 2.89. The Morgan fingerprint density at radius 1 is 1.46 bits per heavy atom. The molecule has 0 amide bonds. The van der Waals surface area contributed by atoms with E-state index in [2.05, 4.69) is 25.7 Å². The lowest BCUT2D eigenvalue weighted by atomic mass is 10.2. The quantitative estimate of drug-likeness (QED) is 0.309. The molecular weight excluding hydrogens is 190 g/mol. The van der Waals surface area contributed by atoms with Gasteiger partial charge in [0.15, 0.2) is 6.54 Å². The first-order chi connectivity index (χ1) is 5.66. The molecule has 78 valence electrons. The predicted octanol–water partition coefficient (Wildman–Crippen LogP) is -2.48. The van der Waals surface area contributed by atoms with Gasteiger partial charge in [-0.2, -0.15) is 0 Å². The number of ether oxygens (including phenoxy) is 1. The van der Waals surface area contributed by atoms with E-state index in [4.69, 9.17) is 4.74 Å². The highest BCUT2D eigenvalue weighted by Gasteiger charge is 1.98. The maximum absolute atomic E-state index is 10.6. The lowest BCUT2D eigenvalue weighted by Crippen LogP contribution is -3.00. The first-order valence-electron chi connectivity index (χ1n) is 4.25. The van der Waals surface area contributed by atoms with Crippen LogP contribution in [0, 0.1) is 0 Å². The molecule has 0 rings (SSSR count). The average molecular weight is 208 g/mol. The summed E-state index contributed by atoms with van der Waals surface area (Å²) in [5.41, 5.74) is 4.73. The molecule has 0 heterocycles. The highest BCUT2D eigenvalue weighted by atomic mass is 35.5. The standard InChI is InChI=1S/C9H17NO2.ClH/c1-8(2)5-3-4-6-12-9(11)7-10;/h5H,3-4,6-7,10H2,1-2H3;1H. The lowest BCUT2D eigenvalue weighted by Gasteiger charge is -1.99. The summed E-state index contributed by atoms with van der Waals surface area (Å²) in [5, 5.41) is 0. The normalized spacial score (nSPS) is 8.54. The van der Waals surface area contributed by atoms with Gasteiger partial charge in [-0.15, -0.1) is 0 Å². The predicted molar refractivity (Wildman–Crippen MR) is 47.4 cm³/mol. The molecule has 0 aliphatic carbocycles. The van der Waals surface area contributed by atoms with Crippen molar-refractivity contribution < 1.29 is 27.7 Å². The van der Waals surface area contributed by atoms with E-state index in [-0.39, 0.29) is 24.9 Å². The van der Waals surface area contributed by atoms with Crippen LogP contribution in [0.25, 0.3) is 0 Å². The number of unbranched alkanes of at least 4 members (excludes halogenated alkanes) is 1. The minimum atomic E-state index is -0.216. The molecule has 0 fully saturated rings. The summed E-state index contributed by atoms with van der Waals surface area (Å²) in [5.74, 6) is -0.216. The fraction of sp³-hybridized carbons (Fsp3) is 0.667. The molecule has 0 aromatic heterocycles. The molecule has 3 N–H and O–H groups in total. The minimum absolute atomic E-state index is 0. The number of carbonyl (C=O) groups excluding carboxylic acids is 1. The molecule has 0 unspecified atom stereocenters. The number of hydrogen-bond acceptors (Lipinski definition) is 2. The first kappa shape index (κ1) is 15.0. The Labute approximate surface area is 85.7 Å². The Hall–Kier alpha value is -0.540. The molecule has 0 radical (unpaired) electrons. The van der Waals surface area contributed by atoms with E-state index in [1.807, 2.05) is 0 Å². The Balaban J connectivity index is 0. The lowest BCUT2D eigenvalue weighted by molar-refractivity contribution is -0.359. The second-order valence-corrected chi connectivity index (χ2v) is 2.89. The Morgan fingerprint density at radius 3 is 2.54 bits per heavy atom. The zero-order chi connectivity index (χ0) is 9.40. The van der Waals surface area contributed by atoms with Gasteiger partial charge in [0.25, 0.3) is 0 Å². The summed E-state index contributed by atoms with van der Waals surface area (Å²) in [6.07, 6.45) is 4.02. The van der Waals surface area contributed by atoms with Crippen molar-refractivity contribution in [2.24, 2.45) is 0 Å². The van der Waals surface area contributed by atoms with Crippen molar-refractivity contribution in [1.82, 2.24) is 0 Å². The number of carbonyl (C=O) groups is 1. The summed E-state index contributed by atoms with van der Waals surface area (Å²) >= 11 is 0. The molecule has 0 atom stereocenters. The third kappa shape index (κ3) is 11.5. The summed E-state index contributed by atoms with van der Waals surface area (Å²) in [6, 6.07) is 0. The van der Waals surface area contributed by atoms with Crippen LogP contribution < -0.4 is 18.1 Å². The Bertz CT molecular complexity index is 165. The largest absolute Gasteiger partial charge is 1.00 e. The van der Waals surface area contributed by atoms with E-state index in [9.17, 15) is 4.79 Å². The molecule has 0 aliphatic heterocycles. The van der Waals surface area contributed by atoms with Crippen LogP contribution in [-0.2, 0) is 9.53 Å². The van der Waals surface area contributed by atoms with Crippen LogP contribution in [0.15, 0.2) is 11.6 Å². The second kappa shape index (κ2) is 9.55. The third-order valence-electron chi connectivity index (χ3n) is 1.37. The fourth-order valence-electron chi connectivity index (χ4n) is 0.732. The number of halogens is 1. The molecular formula is C9H18ClNO2. The van der Waals surface area contributed by atoms with Crippen LogP contribution in [0.3, 0.4) is 0 Å². The molecule has 13 heavy (non-hydrogen) atoms. The van der Waals surface area contributed by atoms with E-state index in [1.54, 1.807) is 0 Å². The number of esters is 1. The third-order valence-corrected chi connectivity index (χ3v) is 1.37. The summed E-state index contributed by atoms with van der Waals surface area (Å²) in [4.78, 5) is 10.6. The topological polar surface area (TPSA) is 53.9 Å². The van der Waals surface area contributed by atoms with Gasteiger partial charge in [0.1, 0.15) is 0 Å². The van der Waals surface area contributed by atoms with Gasteiger partial charge in [-0.1, -0.05) is 11.6 Å². The van der Waals surface area contributed by atoms with Crippen molar-refractivity contribution in [1.29, 1.82) is 0 Å². The molecule has 0 saturated heterocycles. The maximum atomic E-state index is 10.6. The number of rotatable bonds is 5. The Kier molecular flexibility index (Phi) is 11.0. The van der Waals surface area contributed by atoms with Crippen LogP contribution in [0.1, 0.15) is 26.7 Å². The molecule has 4 heteroatoms. The fourth-order valence-corrected chi connectivity index (χ4v) is 0.732. The average Bonchev–Trinajstić information content (AvgIpc) is 2.03. The first-order valence-corrected chi connectivity index (χ1v) is 4.25. The molecule has 0 bridgehead atoms. The van der Waals surface area contributed by atoms with Crippen LogP contribution in [0.2, 0.25) is 0 Å². The van der Waals surface area contributed by atoms with E-state index in [0.29, 0.717) is 6.61 Å². The van der Waals surface area contributed by atoms with Gasteiger partial charge in [-0.25, -0.2) is 4.79 Å². The molecule has 3 nitrogen and oxygen atoms in total. The van der Waals surface area contributed by atoms with Gasteiger partial charge < -0.3 is 22.9 Å². The van der Waals surface area contributed by atoms with E-state index >= 15 is 0 Å². The monoisotopic (exact) mass is 207 g/mol. The van der Waals surface area contributed by atoms with Crippen LogP contribution in [-0.4, -0.2) is 19.1 Å². The summed E-state index contributed by atoms with van der Waals surface area (Å²) in [7, 11) is 0. The minimum Gasteiger partial charge on any atom is -1.00 e. The molecule has 0 saturated carbocycles. The zero-order valence-electron chi connectivity index (χ0n) is 8.31. The smallest absolute Gasteiger partial charge is 0.361 e. The zero-order valence-corrected chi connectivity index (χ0v) is 9.06. The van der Waals surface area contributed by atoms with Crippen LogP contribution >= 0.6 is 0 Å². The van der Waals surface area contributed by atoms with Gasteiger partial charge in [0.05, 0.1) is 6.61 Å². The van der Waals surface area contributed by atoms with Crippen molar-refractivity contribution in [3.63, 3.8) is 0 Å². The van der Waals surface area contributed by atoms with Crippen molar-refractivity contribution in [2.75, 3.05) is 13.2 Å². The van der Waals surface area contributed by atoms with Gasteiger partial charge in [0, 0.05) is 0 Å². The summed E-state index contributed by atoms with van der Waals surface area (Å²) < 4.78 is 4.84.